The third-order valence-electron chi connectivity index (χ3n) is 7.24. The molecule has 6 rings (SSSR count). The quantitative estimate of drug-likeness (QED) is 0.470. The molecule has 1 aromatic carbocycles. The van der Waals surface area contributed by atoms with E-state index in [2.05, 4.69) is 25.9 Å². The van der Waals surface area contributed by atoms with Crippen molar-refractivity contribution in [2.75, 3.05) is 17.2 Å². The van der Waals surface area contributed by atoms with Gasteiger partial charge >= 0.3 is 0 Å². The maximum Gasteiger partial charge on any atom is 0.276 e. The molecule has 1 aliphatic heterocycles. The first-order valence-corrected chi connectivity index (χ1v) is 11.5. The number of anilines is 3. The van der Waals surface area contributed by atoms with E-state index in [1.165, 1.54) is 10.9 Å². The number of aromatic nitrogens is 3. The number of alkyl halides is 1. The van der Waals surface area contributed by atoms with E-state index >= 15 is 4.39 Å². The van der Waals surface area contributed by atoms with E-state index in [0.717, 1.165) is 24.7 Å². The van der Waals surface area contributed by atoms with Crippen LogP contribution in [0.5, 0.6) is 0 Å². The van der Waals surface area contributed by atoms with Gasteiger partial charge in [0.05, 0.1) is 0 Å². The van der Waals surface area contributed by atoms with Gasteiger partial charge in [-0.1, -0.05) is 24.3 Å². The van der Waals surface area contributed by atoms with Crippen molar-refractivity contribution in [1.29, 1.82) is 0 Å². The number of hydrogen-bond acceptors (Lipinski definition) is 7. The number of rotatable bonds is 6. The van der Waals surface area contributed by atoms with Crippen LogP contribution in [-0.2, 0) is 16.9 Å². The molecule has 1 spiro atoms. The van der Waals surface area contributed by atoms with Crippen molar-refractivity contribution in [3.8, 4) is 0 Å². The lowest BCUT2D eigenvalue weighted by atomic mass is 10.1. The normalized spacial score (nSPS) is 22.9. The van der Waals surface area contributed by atoms with Crippen molar-refractivity contribution >= 4 is 29.5 Å². The number of pyridine rings is 1. The summed E-state index contributed by atoms with van der Waals surface area (Å²) in [5.74, 6) is 0.393. The van der Waals surface area contributed by atoms with Gasteiger partial charge in [-0.05, 0) is 42.5 Å². The fourth-order valence-electron chi connectivity index (χ4n) is 5.11. The van der Waals surface area contributed by atoms with Crippen LogP contribution in [0.4, 0.5) is 21.7 Å². The summed E-state index contributed by atoms with van der Waals surface area (Å²) >= 11 is 0. The van der Waals surface area contributed by atoms with Crippen LogP contribution >= 0.6 is 0 Å². The van der Waals surface area contributed by atoms with E-state index in [-0.39, 0.29) is 23.2 Å². The van der Waals surface area contributed by atoms with E-state index in [1.54, 1.807) is 31.2 Å². The van der Waals surface area contributed by atoms with Gasteiger partial charge in [0, 0.05) is 24.4 Å². The van der Waals surface area contributed by atoms with Gasteiger partial charge in [-0.15, -0.1) is 0 Å². The Balaban J connectivity index is 1.36. The maximum atomic E-state index is 15.8. The van der Waals surface area contributed by atoms with Crippen molar-refractivity contribution in [2.45, 2.75) is 38.0 Å². The highest BCUT2D eigenvalue weighted by Gasteiger charge is 2.55. The lowest BCUT2D eigenvalue weighted by Crippen LogP contribution is -2.49. The molecule has 0 radical (unpaired) electrons. The molecule has 1 saturated carbocycles. The van der Waals surface area contributed by atoms with Crippen LogP contribution in [0.1, 0.15) is 46.2 Å². The Kier molecular flexibility index (Phi) is 4.57. The highest BCUT2D eigenvalue weighted by Crippen LogP contribution is 2.47. The monoisotopic (exact) mass is 474 g/mol. The second-order valence-corrected chi connectivity index (χ2v) is 9.59. The molecule has 0 saturated heterocycles. The Morgan fingerprint density at radius 2 is 1.97 bits per heavy atom. The van der Waals surface area contributed by atoms with Gasteiger partial charge in [0.15, 0.2) is 11.8 Å². The molecule has 35 heavy (non-hydrogen) atoms. The predicted octanol–water partition coefficient (Wildman–Crippen LogP) is 2.74. The number of carbonyl (C=O) groups excluding carboxylic acids is 2. The summed E-state index contributed by atoms with van der Waals surface area (Å²) in [6.07, 6.45) is 2.61. The third kappa shape index (κ3) is 3.23. The molecule has 0 bridgehead atoms. The van der Waals surface area contributed by atoms with Crippen LogP contribution in [-0.4, -0.2) is 33.3 Å². The average molecular weight is 474 g/mol. The second kappa shape index (κ2) is 7.46. The molecular weight excluding hydrogens is 451 g/mol. The van der Waals surface area contributed by atoms with Gasteiger partial charge in [-0.2, -0.15) is 0 Å². The van der Waals surface area contributed by atoms with Crippen molar-refractivity contribution in [3.05, 3.63) is 75.5 Å². The van der Waals surface area contributed by atoms with Crippen LogP contribution in [0.25, 0.3) is 0 Å². The second-order valence-electron chi connectivity index (χ2n) is 9.59. The van der Waals surface area contributed by atoms with E-state index in [9.17, 15) is 14.4 Å². The van der Waals surface area contributed by atoms with Gasteiger partial charge < -0.3 is 20.7 Å². The Morgan fingerprint density at radius 3 is 2.71 bits per heavy atom. The molecule has 9 nitrogen and oxygen atoms in total. The van der Waals surface area contributed by atoms with Crippen LogP contribution in [0.2, 0.25) is 0 Å². The number of hydrogen-bond donors (Lipinski definition) is 3. The lowest BCUT2D eigenvalue weighted by Gasteiger charge is -2.29. The molecule has 3 N–H and O–H groups in total. The summed E-state index contributed by atoms with van der Waals surface area (Å²) in [6, 6.07) is 10.3. The fourth-order valence-corrected chi connectivity index (χ4v) is 5.11. The molecule has 3 aliphatic rings. The maximum absolute atomic E-state index is 15.8. The van der Waals surface area contributed by atoms with E-state index in [1.807, 2.05) is 12.1 Å². The van der Waals surface area contributed by atoms with E-state index < -0.39 is 23.3 Å². The Morgan fingerprint density at radius 1 is 1.20 bits per heavy atom. The van der Waals surface area contributed by atoms with Crippen LogP contribution in [0, 0.1) is 12.3 Å². The van der Waals surface area contributed by atoms with Crippen LogP contribution < -0.4 is 21.5 Å². The first kappa shape index (κ1) is 21.5. The summed E-state index contributed by atoms with van der Waals surface area (Å²) in [5.41, 5.74) is -0.272. The topological polar surface area (TPSA) is 118 Å². The first-order valence-electron chi connectivity index (χ1n) is 11.5. The molecular formula is C25H23FN6O3. The smallest absolute Gasteiger partial charge is 0.276 e. The van der Waals surface area contributed by atoms with Gasteiger partial charge in [0.25, 0.3) is 11.5 Å². The Bertz CT molecular complexity index is 1450. The van der Waals surface area contributed by atoms with Crippen molar-refractivity contribution < 1.29 is 14.0 Å². The number of nitrogens with zero attached hydrogens (tertiary/aromatic N) is 3. The van der Waals surface area contributed by atoms with Crippen molar-refractivity contribution in [1.82, 2.24) is 19.9 Å². The van der Waals surface area contributed by atoms with Crippen LogP contribution in [0.3, 0.4) is 0 Å². The molecule has 10 heteroatoms. The first-order chi connectivity index (χ1) is 16.9. The predicted molar refractivity (Wildman–Crippen MR) is 126 cm³/mol. The van der Waals surface area contributed by atoms with E-state index in [0.29, 0.717) is 29.3 Å². The molecule has 1 unspecified atom stereocenters. The number of nitrogens with one attached hydrogen (secondary N) is 3. The standard InChI is InChI=1S/C25H23FN6O3/c1-14-8-17(30-19-9-18(28-13-29-19)27-11-24(12-33)6-7-24)23(35)32-20(14)22(34)31-25(32)10-15-4-2-3-5-16(15)21(25)26/h2-5,8-9,12-13,21H,6-7,10-11H2,1H3,(H,31,34)(H2,27,28,29,30)/t21-,25?/m0/s1. The molecule has 3 heterocycles. The van der Waals surface area contributed by atoms with Gasteiger partial charge in [-0.3, -0.25) is 14.2 Å². The molecule has 2 aromatic heterocycles. The van der Waals surface area contributed by atoms with Gasteiger partial charge in [0.2, 0.25) is 0 Å². The Labute approximate surface area is 199 Å². The number of halogens is 1. The zero-order valence-corrected chi connectivity index (χ0v) is 19.0. The summed E-state index contributed by atoms with van der Waals surface area (Å²) in [4.78, 5) is 46.1. The molecule has 1 amide bonds. The minimum absolute atomic E-state index is 0.157. The summed E-state index contributed by atoms with van der Waals surface area (Å²) in [7, 11) is 0. The Hall–Kier alpha value is -4.08. The number of aldehydes is 1. The molecule has 2 atom stereocenters. The zero-order chi connectivity index (χ0) is 24.4. The van der Waals surface area contributed by atoms with Crippen LogP contribution in [0.15, 0.2) is 47.5 Å². The lowest BCUT2D eigenvalue weighted by molar-refractivity contribution is -0.111. The molecule has 178 valence electrons. The summed E-state index contributed by atoms with van der Waals surface area (Å²) in [6.45, 7) is 2.19. The number of benzene rings is 1. The number of aryl methyl sites for hydroxylation is 1. The molecule has 2 aliphatic carbocycles. The molecule has 3 aromatic rings. The van der Waals surface area contributed by atoms with Gasteiger partial charge in [-0.25, -0.2) is 14.4 Å². The van der Waals surface area contributed by atoms with Crippen molar-refractivity contribution in [2.24, 2.45) is 5.41 Å². The fraction of sp³-hybridized carbons (Fsp3) is 0.320. The minimum Gasteiger partial charge on any atom is -0.369 e. The molecule has 1 fully saturated rings. The average Bonchev–Trinajstić information content (AvgIpc) is 3.51. The zero-order valence-electron chi connectivity index (χ0n) is 19.0. The van der Waals surface area contributed by atoms with Gasteiger partial charge in [0.1, 0.15) is 35.6 Å². The minimum atomic E-state index is -1.57. The van der Waals surface area contributed by atoms with E-state index in [4.69, 9.17) is 0 Å². The SMILES string of the molecule is Cc1cc(Nc2cc(NCC3(C=O)CC3)ncn2)c(=O)n2c1C(=O)NC21Cc2ccccc2[C@@H]1F. The largest absolute Gasteiger partial charge is 0.369 e. The third-order valence-corrected chi connectivity index (χ3v) is 7.24. The number of carbonyl (C=O) groups is 2. The summed E-state index contributed by atoms with van der Waals surface area (Å²) in [5, 5.41) is 8.93. The number of amides is 1. The summed E-state index contributed by atoms with van der Waals surface area (Å²) < 4.78 is 17.1. The highest BCUT2D eigenvalue weighted by atomic mass is 19.1. The number of fused-ring (bicyclic) bond motifs is 3. The van der Waals surface area contributed by atoms with Crippen molar-refractivity contribution in [3.63, 3.8) is 0 Å². The highest BCUT2D eigenvalue weighted by molar-refractivity contribution is 5.97.